The van der Waals surface area contributed by atoms with Gasteiger partial charge in [-0.1, -0.05) is 18.2 Å². The van der Waals surface area contributed by atoms with Crippen molar-refractivity contribution in [2.45, 2.75) is 64.8 Å². The van der Waals surface area contributed by atoms with Crippen LogP contribution in [0.15, 0.2) is 36.4 Å². The number of fused-ring (bicyclic) bond motifs is 1. The number of ether oxygens (including phenoxy) is 1. The topological polar surface area (TPSA) is 40.6 Å². The lowest BCUT2D eigenvalue weighted by atomic mass is 9.77. The van der Waals surface area contributed by atoms with Crippen LogP contribution in [0.25, 0.3) is 0 Å². The summed E-state index contributed by atoms with van der Waals surface area (Å²) in [7, 11) is -0.332. The first-order chi connectivity index (χ1) is 12.2. The zero-order valence-corrected chi connectivity index (χ0v) is 16.2. The number of rotatable bonds is 2. The second kappa shape index (κ2) is 6.10. The summed E-state index contributed by atoms with van der Waals surface area (Å²) in [5.41, 5.74) is 3.64. The van der Waals surface area contributed by atoms with E-state index in [2.05, 4.69) is 38.7 Å². The molecule has 2 aliphatic heterocycles. The van der Waals surface area contributed by atoms with E-state index in [9.17, 15) is 0 Å². The predicted molar refractivity (Wildman–Crippen MR) is 103 cm³/mol. The molecule has 0 radical (unpaired) electrons. The molecule has 136 valence electrons. The Morgan fingerprint density at radius 2 is 1.77 bits per heavy atom. The van der Waals surface area contributed by atoms with Crippen molar-refractivity contribution in [3.63, 3.8) is 0 Å². The standard InChI is InChI=1S/C21H26BNO3/c1-14-7-6-8-17(23-14)19-11-9-15-13-16(10-12-18(15)24-19)22-25-20(2,3)21(4,5)26-22/h6-8,10,12-13,19H,9,11H2,1-5H3. The highest BCUT2D eigenvalue weighted by Gasteiger charge is 2.51. The number of nitrogens with zero attached hydrogens (tertiary/aromatic N) is 1. The average molecular weight is 351 g/mol. The highest BCUT2D eigenvalue weighted by atomic mass is 16.7. The molecule has 0 spiro atoms. The SMILES string of the molecule is Cc1cccc(C2CCc3cc(B4OC(C)(C)C(C)(C)O4)ccc3O2)n1. The summed E-state index contributed by atoms with van der Waals surface area (Å²) in [4.78, 5) is 4.62. The van der Waals surface area contributed by atoms with Crippen LogP contribution in [0.5, 0.6) is 5.75 Å². The molecule has 0 bridgehead atoms. The van der Waals surface area contributed by atoms with E-state index in [0.717, 1.165) is 35.4 Å². The largest absolute Gasteiger partial charge is 0.494 e. The fourth-order valence-corrected chi connectivity index (χ4v) is 3.49. The Labute approximate surface area is 156 Å². The normalized spacial score (nSPS) is 23.4. The molecule has 5 heteroatoms. The molecule has 0 aliphatic carbocycles. The van der Waals surface area contributed by atoms with E-state index < -0.39 is 0 Å². The van der Waals surface area contributed by atoms with Gasteiger partial charge >= 0.3 is 7.12 Å². The smallest absolute Gasteiger partial charge is 0.484 e. The van der Waals surface area contributed by atoms with Gasteiger partial charge in [0, 0.05) is 5.69 Å². The van der Waals surface area contributed by atoms with Gasteiger partial charge in [0.15, 0.2) is 0 Å². The predicted octanol–water partition coefficient (Wildman–Crippen LogP) is 3.76. The highest BCUT2D eigenvalue weighted by molar-refractivity contribution is 6.62. The van der Waals surface area contributed by atoms with E-state index in [-0.39, 0.29) is 24.4 Å². The van der Waals surface area contributed by atoms with Crippen LogP contribution in [0, 0.1) is 6.92 Å². The van der Waals surface area contributed by atoms with Gasteiger partial charge in [-0.05, 0) is 76.7 Å². The molecular weight excluding hydrogens is 325 g/mol. The van der Waals surface area contributed by atoms with E-state index >= 15 is 0 Å². The third kappa shape index (κ3) is 3.04. The lowest BCUT2D eigenvalue weighted by Crippen LogP contribution is -2.41. The molecule has 2 aromatic rings. The van der Waals surface area contributed by atoms with Gasteiger partial charge in [0.25, 0.3) is 0 Å². The first kappa shape index (κ1) is 17.6. The quantitative estimate of drug-likeness (QED) is 0.773. The Morgan fingerprint density at radius 1 is 1.04 bits per heavy atom. The zero-order chi connectivity index (χ0) is 18.5. The van der Waals surface area contributed by atoms with Crippen molar-refractivity contribution in [1.29, 1.82) is 0 Å². The van der Waals surface area contributed by atoms with Crippen molar-refractivity contribution in [1.82, 2.24) is 4.98 Å². The number of pyridine rings is 1. The van der Waals surface area contributed by atoms with E-state index in [1.165, 1.54) is 5.56 Å². The minimum Gasteiger partial charge on any atom is -0.484 e. The fraction of sp³-hybridized carbons (Fsp3) is 0.476. The molecule has 4 nitrogen and oxygen atoms in total. The van der Waals surface area contributed by atoms with Crippen molar-refractivity contribution in [2.75, 3.05) is 0 Å². The molecule has 1 fully saturated rings. The molecule has 1 aromatic carbocycles. The van der Waals surface area contributed by atoms with Crippen molar-refractivity contribution in [3.8, 4) is 5.75 Å². The molecule has 0 amide bonds. The molecule has 0 N–H and O–H groups in total. The van der Waals surface area contributed by atoms with Gasteiger partial charge in [0.05, 0.1) is 16.9 Å². The Kier molecular flexibility index (Phi) is 4.12. The Bertz CT molecular complexity index is 818. The summed E-state index contributed by atoms with van der Waals surface area (Å²) in [6.07, 6.45) is 1.91. The summed E-state index contributed by atoms with van der Waals surface area (Å²) in [6, 6.07) is 12.3. The minimum absolute atomic E-state index is 0.0186. The number of benzene rings is 1. The van der Waals surface area contributed by atoms with Crippen LogP contribution in [-0.2, 0) is 15.7 Å². The van der Waals surface area contributed by atoms with Gasteiger partial charge < -0.3 is 14.0 Å². The second-order valence-electron chi connectivity index (χ2n) is 8.30. The number of hydrogen-bond donors (Lipinski definition) is 0. The van der Waals surface area contributed by atoms with Crippen molar-refractivity contribution < 1.29 is 14.0 Å². The molecule has 1 atom stereocenters. The van der Waals surface area contributed by atoms with Crippen LogP contribution >= 0.6 is 0 Å². The molecule has 4 rings (SSSR count). The lowest BCUT2D eigenvalue weighted by Gasteiger charge is -2.32. The molecule has 2 aliphatic rings. The molecular formula is C21H26BNO3. The zero-order valence-electron chi connectivity index (χ0n) is 16.2. The lowest BCUT2D eigenvalue weighted by molar-refractivity contribution is 0.00578. The Balaban J connectivity index is 1.55. The van der Waals surface area contributed by atoms with Crippen LogP contribution in [0.4, 0.5) is 0 Å². The van der Waals surface area contributed by atoms with Gasteiger partial charge in [0.2, 0.25) is 0 Å². The molecule has 1 aromatic heterocycles. The molecule has 3 heterocycles. The Morgan fingerprint density at radius 3 is 2.46 bits per heavy atom. The van der Waals surface area contributed by atoms with Gasteiger partial charge in [0.1, 0.15) is 11.9 Å². The highest BCUT2D eigenvalue weighted by Crippen LogP contribution is 2.38. The van der Waals surface area contributed by atoms with Crippen LogP contribution in [0.3, 0.4) is 0 Å². The summed E-state index contributed by atoms with van der Waals surface area (Å²) in [5, 5.41) is 0. The maximum Gasteiger partial charge on any atom is 0.494 e. The minimum atomic E-state index is -0.332. The first-order valence-corrected chi connectivity index (χ1v) is 9.34. The van der Waals surface area contributed by atoms with E-state index in [1.54, 1.807) is 0 Å². The molecule has 0 saturated carbocycles. The van der Waals surface area contributed by atoms with Crippen molar-refractivity contribution >= 4 is 12.6 Å². The van der Waals surface area contributed by atoms with Gasteiger partial charge in [-0.3, -0.25) is 4.98 Å². The maximum absolute atomic E-state index is 6.23. The van der Waals surface area contributed by atoms with E-state index in [4.69, 9.17) is 14.0 Å². The van der Waals surface area contributed by atoms with Crippen molar-refractivity contribution in [3.05, 3.63) is 53.3 Å². The number of hydrogen-bond acceptors (Lipinski definition) is 4. The van der Waals surface area contributed by atoms with Crippen LogP contribution in [0.2, 0.25) is 0 Å². The summed E-state index contributed by atoms with van der Waals surface area (Å²) >= 11 is 0. The summed E-state index contributed by atoms with van der Waals surface area (Å²) in [5.74, 6) is 0.935. The monoisotopic (exact) mass is 351 g/mol. The van der Waals surface area contributed by atoms with Crippen molar-refractivity contribution in [2.24, 2.45) is 0 Å². The van der Waals surface area contributed by atoms with Gasteiger partial charge in [-0.25, -0.2) is 0 Å². The molecule has 1 saturated heterocycles. The number of aryl methyl sites for hydroxylation is 2. The molecule has 1 unspecified atom stereocenters. The summed E-state index contributed by atoms with van der Waals surface area (Å²) < 4.78 is 18.6. The second-order valence-corrected chi connectivity index (χ2v) is 8.30. The third-order valence-corrected chi connectivity index (χ3v) is 5.79. The van der Waals surface area contributed by atoms with E-state index in [1.807, 2.05) is 37.3 Å². The number of aromatic nitrogens is 1. The average Bonchev–Trinajstić information content (AvgIpc) is 2.82. The van der Waals surface area contributed by atoms with Crippen LogP contribution < -0.4 is 10.2 Å². The molecule has 26 heavy (non-hydrogen) atoms. The maximum atomic E-state index is 6.23. The van der Waals surface area contributed by atoms with Gasteiger partial charge in [-0.2, -0.15) is 0 Å². The van der Waals surface area contributed by atoms with Crippen LogP contribution in [-0.4, -0.2) is 23.3 Å². The van der Waals surface area contributed by atoms with E-state index in [0.29, 0.717) is 0 Å². The van der Waals surface area contributed by atoms with Gasteiger partial charge in [-0.15, -0.1) is 0 Å². The first-order valence-electron chi connectivity index (χ1n) is 9.34. The third-order valence-electron chi connectivity index (χ3n) is 5.79. The Hall–Kier alpha value is -1.85. The van der Waals surface area contributed by atoms with Crippen LogP contribution in [0.1, 0.15) is 57.2 Å². The fourth-order valence-electron chi connectivity index (χ4n) is 3.49. The summed E-state index contributed by atoms with van der Waals surface area (Å²) in [6.45, 7) is 10.3.